The number of sulfone groups is 1. The zero-order chi connectivity index (χ0) is 23.8. The Morgan fingerprint density at radius 2 is 1.56 bits per heavy atom. The molecule has 0 spiro atoms. The summed E-state index contributed by atoms with van der Waals surface area (Å²) < 4.78 is 36.2. The third-order valence-corrected chi connectivity index (χ3v) is 6.89. The fourth-order valence-electron chi connectivity index (χ4n) is 3.51. The molecule has 0 aliphatic heterocycles. The van der Waals surface area contributed by atoms with E-state index < -0.39 is 9.84 Å². The predicted molar refractivity (Wildman–Crippen MR) is 129 cm³/mol. The van der Waals surface area contributed by atoms with Gasteiger partial charge in [-0.3, -0.25) is 4.79 Å². The van der Waals surface area contributed by atoms with Crippen molar-refractivity contribution in [2.75, 3.05) is 0 Å². The van der Waals surface area contributed by atoms with E-state index in [1.807, 2.05) is 36.4 Å². The highest BCUT2D eigenvalue weighted by molar-refractivity contribution is 7.90. The molecular formula is C27H25NO5S. The van der Waals surface area contributed by atoms with E-state index in [0.717, 1.165) is 16.9 Å². The summed E-state index contributed by atoms with van der Waals surface area (Å²) in [7, 11) is -3.49. The van der Waals surface area contributed by atoms with Crippen molar-refractivity contribution >= 4 is 15.7 Å². The van der Waals surface area contributed by atoms with Gasteiger partial charge in [0, 0.05) is 12.1 Å². The second-order valence-corrected chi connectivity index (χ2v) is 9.84. The molecule has 0 atom stereocenters. The van der Waals surface area contributed by atoms with E-state index in [4.69, 9.17) is 9.15 Å². The topological polar surface area (TPSA) is 85.6 Å². The van der Waals surface area contributed by atoms with Gasteiger partial charge in [-0.1, -0.05) is 54.6 Å². The molecule has 34 heavy (non-hydrogen) atoms. The number of amides is 1. The molecule has 7 heteroatoms. The molecular weight excluding hydrogens is 450 g/mol. The summed E-state index contributed by atoms with van der Waals surface area (Å²) in [4.78, 5) is 13.0. The minimum Gasteiger partial charge on any atom is -0.467 e. The van der Waals surface area contributed by atoms with E-state index in [2.05, 4.69) is 5.32 Å². The number of hydrogen-bond donors (Lipinski definition) is 1. The van der Waals surface area contributed by atoms with E-state index in [1.54, 1.807) is 60.9 Å². The lowest BCUT2D eigenvalue weighted by molar-refractivity contribution is 0.0928. The van der Waals surface area contributed by atoms with E-state index in [1.165, 1.54) is 0 Å². The summed E-state index contributed by atoms with van der Waals surface area (Å²) in [5, 5.41) is 2.90. The normalized spacial score (nSPS) is 11.3. The molecule has 174 valence electrons. The van der Waals surface area contributed by atoms with Crippen LogP contribution in [0.4, 0.5) is 0 Å². The molecule has 0 unspecified atom stereocenters. The van der Waals surface area contributed by atoms with Crippen molar-refractivity contribution in [3.63, 3.8) is 0 Å². The molecule has 1 heterocycles. The summed E-state index contributed by atoms with van der Waals surface area (Å²) >= 11 is 0. The van der Waals surface area contributed by atoms with Gasteiger partial charge in [-0.25, -0.2) is 8.42 Å². The summed E-state index contributed by atoms with van der Waals surface area (Å²) in [6.45, 7) is 1.17. The molecule has 4 rings (SSSR count). The molecule has 0 saturated carbocycles. The van der Waals surface area contributed by atoms with Gasteiger partial charge in [0.25, 0.3) is 5.91 Å². The van der Waals surface area contributed by atoms with Crippen molar-refractivity contribution in [1.82, 2.24) is 5.32 Å². The molecule has 0 aliphatic carbocycles. The van der Waals surface area contributed by atoms with E-state index >= 15 is 0 Å². The van der Waals surface area contributed by atoms with Gasteiger partial charge in [-0.2, -0.15) is 0 Å². The highest BCUT2D eigenvalue weighted by atomic mass is 32.2. The van der Waals surface area contributed by atoms with Crippen molar-refractivity contribution in [2.24, 2.45) is 0 Å². The predicted octanol–water partition coefficient (Wildman–Crippen LogP) is 4.90. The summed E-state index contributed by atoms with van der Waals surface area (Å²) in [6.07, 6.45) is 1.61. The lowest BCUT2D eigenvalue weighted by Gasteiger charge is -2.09. The Kier molecular flexibility index (Phi) is 7.57. The lowest BCUT2D eigenvalue weighted by atomic mass is 10.1. The highest BCUT2D eigenvalue weighted by Crippen LogP contribution is 2.17. The van der Waals surface area contributed by atoms with Gasteiger partial charge in [0.15, 0.2) is 9.84 Å². The van der Waals surface area contributed by atoms with Crippen LogP contribution in [0.2, 0.25) is 0 Å². The Balaban J connectivity index is 1.33. The molecule has 0 bridgehead atoms. The molecule has 0 radical (unpaired) electrons. The summed E-state index contributed by atoms with van der Waals surface area (Å²) in [5.41, 5.74) is 2.91. The van der Waals surface area contributed by atoms with Crippen LogP contribution in [0.15, 0.2) is 107 Å². The van der Waals surface area contributed by atoms with Gasteiger partial charge < -0.3 is 14.5 Å². The fourth-order valence-corrected chi connectivity index (χ4v) is 4.87. The maximum Gasteiger partial charge on any atom is 0.251 e. The molecule has 4 aromatic rings. The van der Waals surface area contributed by atoms with Gasteiger partial charge in [0.2, 0.25) is 0 Å². The number of benzene rings is 3. The standard InChI is InChI=1S/C27H25NO5S/c29-27(24-10-5-9-23(16-24)20-34(30,31)26-12-2-1-3-13-26)28-17-21-7-4-8-22(15-21)18-32-19-25-11-6-14-33-25/h1-16H,17-20H2,(H,28,29). The van der Waals surface area contributed by atoms with Crippen LogP contribution >= 0.6 is 0 Å². The second kappa shape index (κ2) is 11.0. The summed E-state index contributed by atoms with van der Waals surface area (Å²) in [5.74, 6) is 0.332. The average molecular weight is 476 g/mol. The zero-order valence-electron chi connectivity index (χ0n) is 18.5. The number of carbonyl (C=O) groups excluding carboxylic acids is 1. The third kappa shape index (κ3) is 6.43. The van der Waals surface area contributed by atoms with Crippen LogP contribution in [0.1, 0.15) is 32.8 Å². The van der Waals surface area contributed by atoms with Crippen molar-refractivity contribution in [2.45, 2.75) is 30.4 Å². The van der Waals surface area contributed by atoms with Gasteiger partial charge in [0.1, 0.15) is 12.4 Å². The number of furan rings is 1. The number of ether oxygens (including phenoxy) is 1. The Morgan fingerprint density at radius 3 is 2.35 bits per heavy atom. The molecule has 0 aliphatic rings. The molecule has 1 amide bonds. The molecule has 0 saturated heterocycles. The lowest BCUT2D eigenvalue weighted by Crippen LogP contribution is -2.23. The largest absolute Gasteiger partial charge is 0.467 e. The highest BCUT2D eigenvalue weighted by Gasteiger charge is 2.16. The molecule has 3 aromatic carbocycles. The quantitative estimate of drug-likeness (QED) is 0.353. The SMILES string of the molecule is O=C(NCc1cccc(COCc2ccco2)c1)c1cccc(CS(=O)(=O)c2ccccc2)c1. The Bertz CT molecular complexity index is 1330. The van der Waals surface area contributed by atoms with Gasteiger partial charge >= 0.3 is 0 Å². The Morgan fingerprint density at radius 1 is 0.794 bits per heavy atom. The van der Waals surface area contributed by atoms with E-state index in [9.17, 15) is 13.2 Å². The molecule has 6 nitrogen and oxygen atoms in total. The first kappa shape index (κ1) is 23.5. The van der Waals surface area contributed by atoms with Crippen LogP contribution in [0.5, 0.6) is 0 Å². The minimum atomic E-state index is -3.49. The van der Waals surface area contributed by atoms with Crippen LogP contribution in [0.25, 0.3) is 0 Å². The van der Waals surface area contributed by atoms with Crippen LogP contribution in [-0.2, 0) is 40.1 Å². The fraction of sp³-hybridized carbons (Fsp3) is 0.148. The second-order valence-electron chi connectivity index (χ2n) is 7.85. The van der Waals surface area contributed by atoms with Crippen LogP contribution in [-0.4, -0.2) is 14.3 Å². The number of hydrogen-bond acceptors (Lipinski definition) is 5. The third-order valence-electron chi connectivity index (χ3n) is 5.19. The molecule has 1 aromatic heterocycles. The van der Waals surface area contributed by atoms with Crippen LogP contribution in [0.3, 0.4) is 0 Å². The van der Waals surface area contributed by atoms with E-state index in [-0.39, 0.29) is 16.6 Å². The minimum absolute atomic E-state index is 0.168. The van der Waals surface area contributed by atoms with Gasteiger partial charge in [-0.05, 0) is 53.1 Å². The number of nitrogens with one attached hydrogen (secondary N) is 1. The maximum atomic E-state index is 12.7. The first-order chi connectivity index (χ1) is 16.5. The Labute approximate surface area is 199 Å². The van der Waals surface area contributed by atoms with Gasteiger partial charge in [0.05, 0.1) is 23.5 Å². The molecule has 0 fully saturated rings. The van der Waals surface area contributed by atoms with E-state index in [0.29, 0.717) is 30.9 Å². The maximum absolute atomic E-state index is 12.7. The van der Waals surface area contributed by atoms with Crippen molar-refractivity contribution < 1.29 is 22.4 Å². The van der Waals surface area contributed by atoms with Gasteiger partial charge in [-0.15, -0.1) is 0 Å². The number of rotatable bonds is 10. The van der Waals surface area contributed by atoms with Crippen LogP contribution in [0, 0.1) is 0 Å². The Hall–Kier alpha value is -3.68. The summed E-state index contributed by atoms with van der Waals surface area (Å²) in [6, 6.07) is 26.5. The van der Waals surface area contributed by atoms with Crippen molar-refractivity contribution in [3.05, 3.63) is 125 Å². The first-order valence-electron chi connectivity index (χ1n) is 10.8. The monoisotopic (exact) mass is 475 g/mol. The number of carbonyl (C=O) groups is 1. The zero-order valence-corrected chi connectivity index (χ0v) is 19.3. The van der Waals surface area contributed by atoms with Crippen molar-refractivity contribution in [3.8, 4) is 0 Å². The first-order valence-corrected chi connectivity index (χ1v) is 12.5. The van der Waals surface area contributed by atoms with Crippen molar-refractivity contribution in [1.29, 1.82) is 0 Å². The smallest absolute Gasteiger partial charge is 0.251 e. The average Bonchev–Trinajstić information content (AvgIpc) is 3.37. The van der Waals surface area contributed by atoms with Crippen LogP contribution < -0.4 is 5.32 Å². The molecule has 1 N–H and O–H groups in total.